The normalized spacial score (nSPS) is 10.1. The van der Waals surface area contributed by atoms with E-state index < -0.39 is 17.8 Å². The first-order valence-electron chi connectivity index (χ1n) is 6.28. The van der Waals surface area contributed by atoms with Gasteiger partial charge in [0, 0.05) is 9.92 Å². The van der Waals surface area contributed by atoms with Crippen molar-refractivity contribution in [1.82, 2.24) is 5.32 Å². The number of thioether (sulfide) groups is 1. The molecule has 0 aliphatic carbocycles. The standard InChI is InChI=1S/C15H12ClFN2O2S/c16-10-5-7-11(8-6-10)22-9-14(20)19-15(21)18-13-4-2-1-3-12(13)17/h1-8H,9H2,(H2,18,19,20,21). The minimum atomic E-state index is -0.771. The number of carbonyl (C=O) groups is 2. The molecular weight excluding hydrogens is 327 g/mol. The highest BCUT2D eigenvalue weighted by Crippen LogP contribution is 2.20. The van der Waals surface area contributed by atoms with E-state index >= 15 is 0 Å². The minimum Gasteiger partial charge on any atom is -0.305 e. The lowest BCUT2D eigenvalue weighted by atomic mass is 10.3. The molecule has 0 fully saturated rings. The van der Waals surface area contributed by atoms with Gasteiger partial charge in [0.15, 0.2) is 0 Å². The smallest absolute Gasteiger partial charge is 0.305 e. The third-order valence-electron chi connectivity index (χ3n) is 2.56. The fourth-order valence-corrected chi connectivity index (χ4v) is 2.38. The molecule has 0 saturated heterocycles. The van der Waals surface area contributed by atoms with Crippen molar-refractivity contribution in [2.45, 2.75) is 4.90 Å². The lowest BCUT2D eigenvalue weighted by Gasteiger charge is -2.07. The molecule has 0 atom stereocenters. The van der Waals surface area contributed by atoms with Crippen LogP contribution in [0.5, 0.6) is 0 Å². The number of carbonyl (C=O) groups excluding carboxylic acids is 2. The van der Waals surface area contributed by atoms with Gasteiger partial charge in [0.05, 0.1) is 11.4 Å². The molecule has 3 amide bonds. The molecule has 0 spiro atoms. The highest BCUT2D eigenvalue weighted by Gasteiger charge is 2.10. The minimum absolute atomic E-state index is 0.0122. The van der Waals surface area contributed by atoms with Crippen molar-refractivity contribution < 1.29 is 14.0 Å². The van der Waals surface area contributed by atoms with Gasteiger partial charge in [-0.1, -0.05) is 23.7 Å². The van der Waals surface area contributed by atoms with Crippen LogP contribution in [0.3, 0.4) is 0 Å². The molecule has 114 valence electrons. The molecule has 4 nitrogen and oxygen atoms in total. The summed E-state index contributed by atoms with van der Waals surface area (Å²) in [7, 11) is 0. The molecule has 2 aromatic rings. The molecule has 0 bridgehead atoms. The summed E-state index contributed by atoms with van der Waals surface area (Å²) in [6.45, 7) is 0. The summed E-state index contributed by atoms with van der Waals surface area (Å²) in [5.41, 5.74) is 0.0122. The lowest BCUT2D eigenvalue weighted by molar-refractivity contribution is -0.117. The van der Waals surface area contributed by atoms with E-state index in [1.54, 1.807) is 30.3 Å². The van der Waals surface area contributed by atoms with Crippen molar-refractivity contribution in [3.05, 3.63) is 59.4 Å². The van der Waals surface area contributed by atoms with E-state index in [4.69, 9.17) is 11.6 Å². The third kappa shape index (κ3) is 5.05. The van der Waals surface area contributed by atoms with Gasteiger partial charge >= 0.3 is 6.03 Å². The summed E-state index contributed by atoms with van der Waals surface area (Å²) in [6.07, 6.45) is 0. The molecule has 2 N–H and O–H groups in total. The first kappa shape index (κ1) is 16.3. The Kier molecular flexibility index (Phi) is 5.80. The Hall–Kier alpha value is -2.05. The fourth-order valence-electron chi connectivity index (χ4n) is 1.56. The number of rotatable bonds is 4. The van der Waals surface area contributed by atoms with Crippen molar-refractivity contribution in [3.63, 3.8) is 0 Å². The SMILES string of the molecule is O=C(CSc1ccc(Cl)cc1)NC(=O)Nc1ccccc1F. The lowest BCUT2D eigenvalue weighted by Crippen LogP contribution is -2.35. The van der Waals surface area contributed by atoms with Crippen LogP contribution >= 0.6 is 23.4 Å². The summed E-state index contributed by atoms with van der Waals surface area (Å²) < 4.78 is 13.3. The van der Waals surface area contributed by atoms with Gasteiger partial charge in [-0.05, 0) is 36.4 Å². The second kappa shape index (κ2) is 7.82. The quantitative estimate of drug-likeness (QED) is 0.831. The first-order chi connectivity index (χ1) is 10.5. The Bertz CT molecular complexity index is 679. The molecule has 0 aliphatic heterocycles. The second-order valence-electron chi connectivity index (χ2n) is 4.22. The third-order valence-corrected chi connectivity index (χ3v) is 3.82. The van der Waals surface area contributed by atoms with Gasteiger partial charge in [-0.25, -0.2) is 9.18 Å². The zero-order chi connectivity index (χ0) is 15.9. The number of anilines is 1. The Morgan fingerprint density at radius 2 is 1.77 bits per heavy atom. The van der Waals surface area contributed by atoms with Gasteiger partial charge in [-0.3, -0.25) is 10.1 Å². The van der Waals surface area contributed by atoms with E-state index in [2.05, 4.69) is 10.6 Å². The number of hydrogen-bond donors (Lipinski definition) is 2. The Labute approximate surface area is 136 Å². The summed E-state index contributed by atoms with van der Waals surface area (Å²) in [6, 6.07) is 11.9. The molecule has 0 saturated carbocycles. The number of benzene rings is 2. The molecule has 0 aromatic heterocycles. The van der Waals surface area contributed by atoms with Crippen LogP contribution in [0.2, 0.25) is 5.02 Å². The van der Waals surface area contributed by atoms with Crippen LogP contribution in [0.1, 0.15) is 0 Å². The fraction of sp³-hybridized carbons (Fsp3) is 0.0667. The molecule has 0 radical (unpaired) electrons. The van der Waals surface area contributed by atoms with E-state index in [0.717, 1.165) is 4.90 Å². The van der Waals surface area contributed by atoms with Crippen LogP contribution in [0.15, 0.2) is 53.4 Å². The molecule has 22 heavy (non-hydrogen) atoms. The summed E-state index contributed by atoms with van der Waals surface area (Å²) >= 11 is 7.02. The summed E-state index contributed by atoms with van der Waals surface area (Å²) in [5.74, 6) is -0.985. The van der Waals surface area contributed by atoms with Crippen molar-refractivity contribution in [2.75, 3.05) is 11.1 Å². The molecular formula is C15H12ClFN2O2S. The van der Waals surface area contributed by atoms with E-state index in [0.29, 0.717) is 5.02 Å². The van der Waals surface area contributed by atoms with Gasteiger partial charge in [0.2, 0.25) is 5.91 Å². The van der Waals surface area contributed by atoms with E-state index in [-0.39, 0.29) is 11.4 Å². The predicted octanol–water partition coefficient (Wildman–Crippen LogP) is 3.92. The first-order valence-corrected chi connectivity index (χ1v) is 7.64. The van der Waals surface area contributed by atoms with E-state index in [9.17, 15) is 14.0 Å². The number of imide groups is 1. The van der Waals surface area contributed by atoms with Crippen LogP contribution < -0.4 is 10.6 Å². The van der Waals surface area contributed by atoms with Crippen LogP contribution in [0, 0.1) is 5.82 Å². The van der Waals surface area contributed by atoms with Gasteiger partial charge < -0.3 is 5.32 Å². The van der Waals surface area contributed by atoms with E-state index in [1.807, 2.05) is 0 Å². The summed E-state index contributed by atoms with van der Waals surface area (Å²) in [4.78, 5) is 24.1. The van der Waals surface area contributed by atoms with E-state index in [1.165, 1.54) is 30.0 Å². The monoisotopic (exact) mass is 338 g/mol. The Morgan fingerprint density at radius 3 is 2.45 bits per heavy atom. The van der Waals surface area contributed by atoms with Gasteiger partial charge in [0.1, 0.15) is 5.82 Å². The topological polar surface area (TPSA) is 58.2 Å². The molecule has 2 rings (SSSR count). The number of halogens is 2. The molecule has 0 aliphatic rings. The highest BCUT2D eigenvalue weighted by molar-refractivity contribution is 8.00. The number of hydrogen-bond acceptors (Lipinski definition) is 3. The van der Waals surface area contributed by atoms with Gasteiger partial charge in [-0.2, -0.15) is 0 Å². The van der Waals surface area contributed by atoms with Crippen LogP contribution in [-0.4, -0.2) is 17.7 Å². The van der Waals surface area contributed by atoms with Crippen molar-refractivity contribution in [1.29, 1.82) is 0 Å². The van der Waals surface area contributed by atoms with Crippen LogP contribution in [0.4, 0.5) is 14.9 Å². The van der Waals surface area contributed by atoms with Crippen molar-refractivity contribution in [2.24, 2.45) is 0 Å². The zero-order valence-corrected chi connectivity index (χ0v) is 12.9. The predicted molar refractivity (Wildman–Crippen MR) is 85.7 cm³/mol. The largest absolute Gasteiger partial charge is 0.325 e. The van der Waals surface area contributed by atoms with Crippen LogP contribution in [-0.2, 0) is 4.79 Å². The highest BCUT2D eigenvalue weighted by atomic mass is 35.5. The Balaban J connectivity index is 1.80. The number of nitrogens with one attached hydrogen (secondary N) is 2. The number of amides is 3. The maximum absolute atomic E-state index is 13.3. The van der Waals surface area contributed by atoms with Crippen LogP contribution in [0.25, 0.3) is 0 Å². The second-order valence-corrected chi connectivity index (χ2v) is 5.71. The summed E-state index contributed by atoms with van der Waals surface area (Å²) in [5, 5.41) is 5.02. The van der Waals surface area contributed by atoms with Gasteiger partial charge in [0.25, 0.3) is 0 Å². The molecule has 7 heteroatoms. The average Bonchev–Trinajstić information content (AvgIpc) is 2.49. The molecule has 0 unspecified atom stereocenters. The molecule has 0 heterocycles. The van der Waals surface area contributed by atoms with Crippen molar-refractivity contribution in [3.8, 4) is 0 Å². The number of urea groups is 1. The molecule has 2 aromatic carbocycles. The maximum Gasteiger partial charge on any atom is 0.325 e. The maximum atomic E-state index is 13.3. The van der Waals surface area contributed by atoms with Gasteiger partial charge in [-0.15, -0.1) is 11.8 Å². The zero-order valence-electron chi connectivity index (χ0n) is 11.3. The number of para-hydroxylation sites is 1. The Morgan fingerprint density at radius 1 is 1.09 bits per heavy atom. The average molecular weight is 339 g/mol. The van der Waals surface area contributed by atoms with Crippen molar-refractivity contribution >= 4 is 41.0 Å².